The van der Waals surface area contributed by atoms with Crippen LogP contribution in [0, 0.1) is 0 Å². The van der Waals surface area contributed by atoms with Crippen molar-refractivity contribution in [2.45, 2.75) is 115 Å². The number of unbranched alkanes of at least 4 members (excludes halogenated alkanes) is 2. The van der Waals surface area contributed by atoms with Gasteiger partial charge in [0, 0.05) is 13.5 Å². The highest BCUT2D eigenvalue weighted by atomic mass is 16.7. The zero-order valence-corrected chi connectivity index (χ0v) is 27.8. The van der Waals surface area contributed by atoms with E-state index in [4.69, 9.17) is 18.9 Å². The van der Waals surface area contributed by atoms with Crippen LogP contribution in [0.3, 0.4) is 0 Å². The third-order valence-corrected chi connectivity index (χ3v) is 6.88. The molecule has 0 aromatic carbocycles. The van der Waals surface area contributed by atoms with Crippen molar-refractivity contribution >= 4 is 5.97 Å². The van der Waals surface area contributed by atoms with Crippen LogP contribution < -0.4 is 0 Å². The van der Waals surface area contributed by atoms with E-state index in [9.17, 15) is 25.2 Å². The highest BCUT2D eigenvalue weighted by Crippen LogP contribution is 2.22. The van der Waals surface area contributed by atoms with Gasteiger partial charge in [-0.3, -0.25) is 4.79 Å². The summed E-state index contributed by atoms with van der Waals surface area (Å²) in [6.45, 7) is 3.29. The summed E-state index contributed by atoms with van der Waals surface area (Å²) >= 11 is 0. The first kappa shape index (κ1) is 41.4. The largest absolute Gasteiger partial charge is 0.458 e. The van der Waals surface area contributed by atoms with Gasteiger partial charge in [-0.25, -0.2) is 0 Å². The van der Waals surface area contributed by atoms with Crippen LogP contribution in [-0.4, -0.2) is 89.6 Å². The molecular formula is C37H58O9. The molecule has 0 amide bonds. The predicted octanol–water partition coefficient (Wildman–Crippen LogP) is 5.57. The summed E-state index contributed by atoms with van der Waals surface area (Å²) in [5, 5.41) is 39.2. The first-order valence-corrected chi connectivity index (χ1v) is 16.6. The molecule has 0 aromatic heterocycles. The quantitative estimate of drug-likeness (QED) is 0.0571. The molecule has 46 heavy (non-hydrogen) atoms. The maximum absolute atomic E-state index is 11.5. The summed E-state index contributed by atoms with van der Waals surface area (Å²) in [5.74, 6) is -0.511. The van der Waals surface area contributed by atoms with Crippen LogP contribution in [0.1, 0.15) is 78.1 Å². The van der Waals surface area contributed by atoms with Gasteiger partial charge in [0.2, 0.25) is 0 Å². The number of aliphatic hydroxyl groups is 4. The van der Waals surface area contributed by atoms with E-state index in [2.05, 4.69) is 92.0 Å². The summed E-state index contributed by atoms with van der Waals surface area (Å²) < 4.78 is 21.7. The third-order valence-electron chi connectivity index (χ3n) is 6.88. The van der Waals surface area contributed by atoms with Gasteiger partial charge >= 0.3 is 5.97 Å². The SMILES string of the molecule is CC/C=C\C/C=C\C/C=C\C/C=C\C/C=C\C/C=C\C/C=C\CCCCOCC(COC1OC(CO)C(O)C(O)C1O)OC(C)=O. The lowest BCUT2D eigenvalue weighted by molar-refractivity contribution is -0.305. The van der Waals surface area contributed by atoms with Crippen LogP contribution in [0.15, 0.2) is 85.1 Å². The van der Waals surface area contributed by atoms with Crippen molar-refractivity contribution < 1.29 is 44.2 Å². The zero-order chi connectivity index (χ0) is 33.7. The molecule has 6 unspecified atom stereocenters. The Hall–Kier alpha value is -2.63. The average Bonchev–Trinajstić information content (AvgIpc) is 3.04. The lowest BCUT2D eigenvalue weighted by atomic mass is 9.99. The molecule has 4 N–H and O–H groups in total. The predicted molar refractivity (Wildman–Crippen MR) is 182 cm³/mol. The summed E-state index contributed by atoms with van der Waals surface area (Å²) in [4.78, 5) is 11.5. The molecular weight excluding hydrogens is 588 g/mol. The Labute approximate surface area is 276 Å². The van der Waals surface area contributed by atoms with E-state index in [1.165, 1.54) is 6.92 Å². The van der Waals surface area contributed by atoms with E-state index in [-0.39, 0.29) is 13.2 Å². The van der Waals surface area contributed by atoms with Crippen molar-refractivity contribution in [1.29, 1.82) is 0 Å². The number of rotatable bonds is 25. The molecule has 0 radical (unpaired) electrons. The van der Waals surface area contributed by atoms with Gasteiger partial charge in [-0.1, -0.05) is 92.0 Å². The lowest BCUT2D eigenvalue weighted by Gasteiger charge is -2.39. The molecule has 1 aliphatic heterocycles. The zero-order valence-electron chi connectivity index (χ0n) is 27.8. The van der Waals surface area contributed by atoms with Crippen molar-refractivity contribution in [1.82, 2.24) is 0 Å². The van der Waals surface area contributed by atoms with Gasteiger partial charge in [-0.05, 0) is 64.2 Å². The van der Waals surface area contributed by atoms with Crippen molar-refractivity contribution in [2.24, 2.45) is 0 Å². The van der Waals surface area contributed by atoms with E-state index in [1.54, 1.807) is 0 Å². The molecule has 1 rings (SSSR count). The lowest BCUT2D eigenvalue weighted by Crippen LogP contribution is -2.59. The van der Waals surface area contributed by atoms with Crippen LogP contribution in [0.25, 0.3) is 0 Å². The standard InChI is InChI=1S/C37H58O9/c1-3-4-5-6-7-8-9-10-11-12-13-14-15-16-17-18-19-20-21-22-23-24-25-26-27-43-29-32(45-31(2)39)30-44-37-36(42)35(41)34(40)33(28-38)46-37/h4-5,7-8,10-11,13-14,16-17,19-20,22-23,32-38,40-42H,3,6,9,12,15,18,21,24-30H2,1-2H3/b5-4-,8-7-,11-10-,14-13-,17-16-,20-19-,23-22-. The minimum Gasteiger partial charge on any atom is -0.458 e. The van der Waals surface area contributed by atoms with E-state index < -0.39 is 49.4 Å². The number of hydrogen-bond acceptors (Lipinski definition) is 9. The number of aliphatic hydroxyl groups excluding tert-OH is 4. The molecule has 0 aliphatic carbocycles. The Morgan fingerprint density at radius 3 is 1.67 bits per heavy atom. The second kappa shape index (κ2) is 28.6. The highest BCUT2D eigenvalue weighted by molar-refractivity contribution is 5.66. The summed E-state index contributed by atoms with van der Waals surface area (Å²) in [6, 6.07) is 0. The van der Waals surface area contributed by atoms with E-state index >= 15 is 0 Å². The van der Waals surface area contributed by atoms with Crippen LogP contribution in [0.5, 0.6) is 0 Å². The summed E-state index contributed by atoms with van der Waals surface area (Å²) in [5.41, 5.74) is 0. The van der Waals surface area contributed by atoms with Gasteiger partial charge in [0.25, 0.3) is 0 Å². The van der Waals surface area contributed by atoms with Crippen molar-refractivity contribution in [3.05, 3.63) is 85.1 Å². The van der Waals surface area contributed by atoms with Crippen molar-refractivity contribution in [3.63, 3.8) is 0 Å². The van der Waals surface area contributed by atoms with Crippen LogP contribution in [0.4, 0.5) is 0 Å². The minimum absolute atomic E-state index is 0.0928. The maximum atomic E-state index is 11.5. The first-order valence-electron chi connectivity index (χ1n) is 16.6. The second-order valence-corrected chi connectivity index (χ2v) is 11.0. The van der Waals surface area contributed by atoms with Gasteiger partial charge in [0.1, 0.15) is 30.5 Å². The molecule has 260 valence electrons. The maximum Gasteiger partial charge on any atom is 0.303 e. The van der Waals surface area contributed by atoms with E-state index in [0.717, 1.165) is 64.2 Å². The van der Waals surface area contributed by atoms with E-state index in [1.807, 2.05) is 0 Å². The number of allylic oxidation sites excluding steroid dienone is 14. The highest BCUT2D eigenvalue weighted by Gasteiger charge is 2.44. The fraction of sp³-hybridized carbons (Fsp3) is 0.595. The molecule has 0 saturated carbocycles. The molecule has 0 spiro atoms. The molecule has 9 nitrogen and oxygen atoms in total. The normalized spacial score (nSPS) is 23.5. The van der Waals surface area contributed by atoms with Crippen LogP contribution >= 0.6 is 0 Å². The molecule has 1 heterocycles. The number of hydrogen-bond donors (Lipinski definition) is 4. The van der Waals surface area contributed by atoms with Crippen LogP contribution in [-0.2, 0) is 23.7 Å². The molecule has 1 aliphatic rings. The van der Waals surface area contributed by atoms with Crippen molar-refractivity contribution in [3.8, 4) is 0 Å². The molecule has 9 heteroatoms. The van der Waals surface area contributed by atoms with Crippen molar-refractivity contribution in [2.75, 3.05) is 26.4 Å². The number of carbonyl (C=O) groups excluding carboxylic acids is 1. The van der Waals surface area contributed by atoms with Gasteiger partial charge in [0.15, 0.2) is 6.29 Å². The molecule has 0 aromatic rings. The molecule has 0 bridgehead atoms. The Bertz CT molecular complexity index is 964. The first-order chi connectivity index (χ1) is 22.4. The monoisotopic (exact) mass is 646 g/mol. The van der Waals surface area contributed by atoms with Gasteiger partial charge in [0.05, 0.1) is 19.8 Å². The molecule has 6 atom stereocenters. The Kier molecular flexibility index (Phi) is 25.7. The summed E-state index contributed by atoms with van der Waals surface area (Å²) in [7, 11) is 0. The fourth-order valence-corrected chi connectivity index (χ4v) is 4.35. The Morgan fingerprint density at radius 2 is 1.20 bits per heavy atom. The fourth-order valence-electron chi connectivity index (χ4n) is 4.35. The number of ether oxygens (including phenoxy) is 4. The van der Waals surface area contributed by atoms with Gasteiger partial charge < -0.3 is 39.4 Å². The van der Waals surface area contributed by atoms with Gasteiger partial charge in [-0.15, -0.1) is 0 Å². The number of carbonyl (C=O) groups is 1. The summed E-state index contributed by atoms with van der Waals surface area (Å²) in [6.07, 6.45) is 32.6. The Balaban J connectivity index is 2.08. The smallest absolute Gasteiger partial charge is 0.303 e. The average molecular weight is 647 g/mol. The topological polar surface area (TPSA) is 135 Å². The second-order valence-electron chi connectivity index (χ2n) is 11.0. The third kappa shape index (κ3) is 21.2. The molecule has 1 saturated heterocycles. The Morgan fingerprint density at radius 1 is 0.696 bits per heavy atom. The number of esters is 1. The molecule has 1 fully saturated rings. The van der Waals surface area contributed by atoms with E-state index in [0.29, 0.717) is 6.61 Å². The van der Waals surface area contributed by atoms with Crippen LogP contribution in [0.2, 0.25) is 0 Å². The van der Waals surface area contributed by atoms with Gasteiger partial charge in [-0.2, -0.15) is 0 Å². The minimum atomic E-state index is -1.54.